The summed E-state index contributed by atoms with van der Waals surface area (Å²) in [5.41, 5.74) is 2.44. The number of aliphatic hydroxyl groups is 1. The zero-order valence-electron chi connectivity index (χ0n) is 10.3. The lowest BCUT2D eigenvalue weighted by Gasteiger charge is -2.05. The van der Waals surface area contributed by atoms with Crippen molar-refractivity contribution < 1.29 is 9.52 Å². The van der Waals surface area contributed by atoms with Crippen molar-refractivity contribution in [3.8, 4) is 0 Å². The predicted molar refractivity (Wildman–Crippen MR) is 75.1 cm³/mol. The van der Waals surface area contributed by atoms with Gasteiger partial charge in [0.25, 0.3) is 0 Å². The van der Waals surface area contributed by atoms with Crippen molar-refractivity contribution in [3.05, 3.63) is 45.8 Å². The molecule has 1 aromatic carbocycles. The van der Waals surface area contributed by atoms with Crippen LogP contribution in [0.2, 0.25) is 0 Å². The Kier molecular flexibility index (Phi) is 4.44. The van der Waals surface area contributed by atoms with Gasteiger partial charge in [0.1, 0.15) is 5.58 Å². The summed E-state index contributed by atoms with van der Waals surface area (Å²) in [7, 11) is 0. The molecule has 2 rings (SSSR count). The van der Waals surface area contributed by atoms with Crippen molar-refractivity contribution in [2.24, 2.45) is 0 Å². The van der Waals surface area contributed by atoms with E-state index in [2.05, 4.69) is 0 Å². The van der Waals surface area contributed by atoms with Gasteiger partial charge in [-0.15, -0.1) is 0 Å². The zero-order chi connectivity index (χ0) is 13.0. The van der Waals surface area contributed by atoms with E-state index < -0.39 is 0 Å². The van der Waals surface area contributed by atoms with Gasteiger partial charge < -0.3 is 9.52 Å². The van der Waals surface area contributed by atoms with Gasteiger partial charge in [-0.1, -0.05) is 12.1 Å². The third-order valence-electron chi connectivity index (χ3n) is 2.69. The summed E-state index contributed by atoms with van der Waals surface area (Å²) in [5, 5.41) is 9.73. The standard InChI is InChI=1S/C14H16O3S/c1-10-3-4-12-11(9-18-6-2-5-15)8-14(16)17-13(12)7-10/h3-4,7-8,15H,2,5-6,9H2,1H3. The lowest BCUT2D eigenvalue weighted by Crippen LogP contribution is -2.00. The Balaban J connectivity index is 2.28. The minimum atomic E-state index is -0.300. The Morgan fingerprint density at radius 1 is 1.33 bits per heavy atom. The third-order valence-corrected chi connectivity index (χ3v) is 3.78. The first kappa shape index (κ1) is 13.2. The fourth-order valence-corrected chi connectivity index (χ4v) is 2.74. The molecule has 0 aliphatic heterocycles. The molecule has 2 aromatic rings. The fourth-order valence-electron chi connectivity index (χ4n) is 1.81. The van der Waals surface area contributed by atoms with E-state index in [1.807, 2.05) is 25.1 Å². The molecule has 0 saturated heterocycles. The third kappa shape index (κ3) is 3.15. The highest BCUT2D eigenvalue weighted by atomic mass is 32.2. The van der Waals surface area contributed by atoms with Gasteiger partial charge in [0.15, 0.2) is 0 Å². The molecule has 0 aliphatic rings. The van der Waals surface area contributed by atoms with Crippen LogP contribution in [0.25, 0.3) is 11.0 Å². The molecule has 0 bridgehead atoms. The van der Waals surface area contributed by atoms with Crippen LogP contribution in [0.1, 0.15) is 17.5 Å². The largest absolute Gasteiger partial charge is 0.423 e. The average Bonchev–Trinajstić information content (AvgIpc) is 2.33. The van der Waals surface area contributed by atoms with Gasteiger partial charge >= 0.3 is 5.63 Å². The highest BCUT2D eigenvalue weighted by Gasteiger charge is 2.05. The molecule has 0 spiro atoms. The van der Waals surface area contributed by atoms with Crippen LogP contribution in [-0.4, -0.2) is 17.5 Å². The Labute approximate surface area is 110 Å². The van der Waals surface area contributed by atoms with E-state index in [-0.39, 0.29) is 12.2 Å². The normalized spacial score (nSPS) is 11.0. The Morgan fingerprint density at radius 2 is 2.17 bits per heavy atom. The van der Waals surface area contributed by atoms with Crippen molar-refractivity contribution in [2.75, 3.05) is 12.4 Å². The molecule has 1 N–H and O–H groups in total. The topological polar surface area (TPSA) is 50.4 Å². The number of fused-ring (bicyclic) bond motifs is 1. The second-order valence-electron chi connectivity index (χ2n) is 4.22. The average molecular weight is 264 g/mol. The minimum Gasteiger partial charge on any atom is -0.423 e. The Morgan fingerprint density at radius 3 is 2.94 bits per heavy atom. The van der Waals surface area contributed by atoms with E-state index >= 15 is 0 Å². The lowest BCUT2D eigenvalue weighted by molar-refractivity contribution is 0.296. The number of rotatable bonds is 5. The number of benzene rings is 1. The molecule has 1 heterocycles. The van der Waals surface area contributed by atoms with Crippen LogP contribution in [0.4, 0.5) is 0 Å². The van der Waals surface area contributed by atoms with E-state index in [0.29, 0.717) is 5.58 Å². The van der Waals surface area contributed by atoms with Gasteiger partial charge in [0.05, 0.1) is 0 Å². The number of hydrogen-bond donors (Lipinski definition) is 1. The van der Waals surface area contributed by atoms with Crippen LogP contribution >= 0.6 is 11.8 Å². The molecule has 0 saturated carbocycles. The van der Waals surface area contributed by atoms with Crippen molar-refractivity contribution in [2.45, 2.75) is 19.1 Å². The number of hydrogen-bond acceptors (Lipinski definition) is 4. The van der Waals surface area contributed by atoms with Crippen LogP contribution in [-0.2, 0) is 5.75 Å². The van der Waals surface area contributed by atoms with Gasteiger partial charge in [0, 0.05) is 23.8 Å². The summed E-state index contributed by atoms with van der Waals surface area (Å²) in [4.78, 5) is 11.5. The molecule has 0 radical (unpaired) electrons. The molecule has 0 unspecified atom stereocenters. The first-order valence-corrected chi connectivity index (χ1v) is 7.08. The maximum Gasteiger partial charge on any atom is 0.336 e. The predicted octanol–water partition coefficient (Wildman–Crippen LogP) is 2.72. The van der Waals surface area contributed by atoms with Crippen molar-refractivity contribution >= 4 is 22.7 Å². The van der Waals surface area contributed by atoms with E-state index in [1.165, 1.54) is 0 Å². The highest BCUT2D eigenvalue weighted by Crippen LogP contribution is 2.22. The molecular formula is C14H16O3S. The minimum absolute atomic E-state index is 0.212. The summed E-state index contributed by atoms with van der Waals surface area (Å²) >= 11 is 1.72. The fraction of sp³-hybridized carbons (Fsp3) is 0.357. The Hall–Kier alpha value is -1.26. The summed E-state index contributed by atoms with van der Waals surface area (Å²) in [6, 6.07) is 7.46. The van der Waals surface area contributed by atoms with Crippen LogP contribution < -0.4 is 5.63 Å². The maximum absolute atomic E-state index is 11.5. The van der Waals surface area contributed by atoms with E-state index in [9.17, 15) is 4.79 Å². The number of aliphatic hydroxyl groups excluding tert-OH is 1. The van der Waals surface area contributed by atoms with Crippen LogP contribution in [0.3, 0.4) is 0 Å². The Bertz CT molecular complexity index is 589. The van der Waals surface area contributed by atoms with Crippen molar-refractivity contribution in [3.63, 3.8) is 0 Å². The monoisotopic (exact) mass is 264 g/mol. The molecule has 3 nitrogen and oxygen atoms in total. The van der Waals surface area contributed by atoms with Crippen LogP contribution in [0.5, 0.6) is 0 Å². The quantitative estimate of drug-likeness (QED) is 0.666. The molecule has 18 heavy (non-hydrogen) atoms. The summed E-state index contributed by atoms with van der Waals surface area (Å²) in [5.74, 6) is 1.66. The lowest BCUT2D eigenvalue weighted by atomic mass is 10.1. The van der Waals surface area contributed by atoms with Crippen molar-refractivity contribution in [1.82, 2.24) is 0 Å². The zero-order valence-corrected chi connectivity index (χ0v) is 11.1. The molecule has 4 heteroatoms. The number of aryl methyl sites for hydroxylation is 1. The summed E-state index contributed by atoms with van der Waals surface area (Å²) in [6.45, 7) is 2.19. The molecule has 0 fully saturated rings. The second-order valence-corrected chi connectivity index (χ2v) is 5.33. The van der Waals surface area contributed by atoms with Crippen LogP contribution in [0, 0.1) is 6.92 Å². The number of thioether (sulfide) groups is 1. The van der Waals surface area contributed by atoms with E-state index in [4.69, 9.17) is 9.52 Å². The van der Waals surface area contributed by atoms with Gasteiger partial charge in [-0.05, 0) is 36.3 Å². The summed E-state index contributed by atoms with van der Waals surface area (Å²) < 4.78 is 5.21. The van der Waals surface area contributed by atoms with Crippen LogP contribution in [0.15, 0.2) is 33.5 Å². The molecule has 96 valence electrons. The van der Waals surface area contributed by atoms with Gasteiger partial charge in [-0.3, -0.25) is 0 Å². The molecule has 0 amide bonds. The van der Waals surface area contributed by atoms with Crippen molar-refractivity contribution in [1.29, 1.82) is 0 Å². The summed E-state index contributed by atoms with van der Waals surface area (Å²) in [6.07, 6.45) is 0.781. The van der Waals surface area contributed by atoms with Gasteiger partial charge in [-0.25, -0.2) is 4.79 Å². The van der Waals surface area contributed by atoms with Gasteiger partial charge in [0.2, 0.25) is 0 Å². The maximum atomic E-state index is 11.5. The highest BCUT2D eigenvalue weighted by molar-refractivity contribution is 7.98. The molecular weight excluding hydrogens is 248 g/mol. The SMILES string of the molecule is Cc1ccc2c(CSCCCO)cc(=O)oc2c1. The smallest absolute Gasteiger partial charge is 0.336 e. The van der Waals surface area contributed by atoms with E-state index in [1.54, 1.807) is 17.8 Å². The molecule has 0 atom stereocenters. The second kappa shape index (κ2) is 6.07. The first-order valence-electron chi connectivity index (χ1n) is 5.92. The van der Waals surface area contributed by atoms with E-state index in [0.717, 1.165) is 34.4 Å². The molecule has 0 aliphatic carbocycles. The van der Waals surface area contributed by atoms with Gasteiger partial charge in [-0.2, -0.15) is 11.8 Å². The first-order chi connectivity index (χ1) is 8.70. The molecule has 1 aromatic heterocycles.